The van der Waals surface area contributed by atoms with Crippen molar-refractivity contribution in [3.63, 3.8) is 0 Å². The van der Waals surface area contributed by atoms with Crippen LogP contribution in [0.15, 0.2) is 18.2 Å². The van der Waals surface area contributed by atoms with E-state index in [-0.39, 0.29) is 23.8 Å². The Kier molecular flexibility index (Phi) is 12.7. The van der Waals surface area contributed by atoms with E-state index in [9.17, 15) is 19.8 Å². The third-order valence-electron chi connectivity index (χ3n) is 3.50. The first-order valence-electron chi connectivity index (χ1n) is 9.24. The van der Waals surface area contributed by atoms with Crippen molar-refractivity contribution in [2.45, 2.75) is 58.9 Å². The lowest BCUT2D eigenvalue weighted by Gasteiger charge is -2.18. The average Bonchev–Trinajstić information content (AvgIpc) is 2.64. The van der Waals surface area contributed by atoms with Crippen LogP contribution in [0.25, 0.3) is 0 Å². The average molecular weight is 369 g/mol. The number of nitrogens with one attached hydrogen (secondary N) is 1. The Hall–Kier alpha value is -2.28. The van der Waals surface area contributed by atoms with E-state index < -0.39 is 12.0 Å². The van der Waals surface area contributed by atoms with Gasteiger partial charge in [0.05, 0.1) is 13.2 Å². The lowest BCUT2D eigenvalue weighted by Crippen LogP contribution is -2.50. The highest BCUT2D eigenvalue weighted by atomic mass is 16.5. The lowest BCUT2D eigenvalue weighted by molar-refractivity contribution is -0.368. The maximum Gasteiger partial charge on any atom is 0.328 e. The largest absolute Gasteiger partial charge is 0.504 e. The van der Waals surface area contributed by atoms with Crippen LogP contribution in [-0.2, 0) is 20.7 Å². The van der Waals surface area contributed by atoms with E-state index in [1.807, 2.05) is 20.8 Å². The Labute approximate surface area is 155 Å². The molecule has 7 heteroatoms. The minimum Gasteiger partial charge on any atom is -0.504 e. The van der Waals surface area contributed by atoms with Crippen LogP contribution in [0.1, 0.15) is 52.0 Å². The van der Waals surface area contributed by atoms with Crippen molar-refractivity contribution in [2.75, 3.05) is 13.2 Å². The Morgan fingerprint density at radius 2 is 1.88 bits per heavy atom. The number of hydrogen-bond acceptors (Lipinski definition) is 5. The number of rotatable bonds is 10. The van der Waals surface area contributed by atoms with Crippen LogP contribution >= 0.6 is 0 Å². The van der Waals surface area contributed by atoms with Gasteiger partial charge in [-0.1, -0.05) is 33.3 Å². The number of carbonyl (C=O) groups excluding carboxylic acids is 2. The number of unbranched alkanes of at least 4 members (excludes halogenated alkanes) is 1. The molecule has 0 aromatic heterocycles. The minimum absolute atomic E-state index is 0.176. The zero-order valence-electron chi connectivity index (χ0n) is 16.1. The van der Waals surface area contributed by atoms with Crippen molar-refractivity contribution in [1.29, 1.82) is 0 Å². The summed E-state index contributed by atoms with van der Waals surface area (Å²) in [5.41, 5.74) is 4.30. The highest BCUT2D eigenvalue weighted by Crippen LogP contribution is 2.25. The molecule has 0 heterocycles. The number of phenolic OH excluding ortho intramolecular Hbond substituents is 2. The molecule has 0 radical (unpaired) electrons. The van der Waals surface area contributed by atoms with Gasteiger partial charge in [0.25, 0.3) is 0 Å². The standard InChI is InChI=1S/C17H26N2O5.C2H6/c1-2-3-9-24-17(23)13(19-16(22)5-4-8-18)10-12-6-7-14(20)15(21)11-12;1-2/h6-7,11,13,20-21H,2-5,8-10,18H2,1H3,(H,19,22);1-2H3/p+1. The fraction of sp³-hybridized carbons (Fsp3) is 0.579. The summed E-state index contributed by atoms with van der Waals surface area (Å²) in [5.74, 6) is -1.24. The van der Waals surface area contributed by atoms with Crippen LogP contribution in [-0.4, -0.2) is 41.3 Å². The second kappa shape index (κ2) is 13.9. The Morgan fingerprint density at radius 3 is 2.46 bits per heavy atom. The minimum atomic E-state index is -0.830. The SMILES string of the molecule is CC.CCCCOC(=O)C(Cc1ccc(O)c(O)c1)NC(=O)CCC[NH3+]. The number of aromatic hydroxyl groups is 2. The first-order chi connectivity index (χ1) is 12.5. The van der Waals surface area contributed by atoms with Crippen molar-refractivity contribution in [1.82, 2.24) is 5.32 Å². The molecule has 0 bridgehead atoms. The predicted molar refractivity (Wildman–Crippen MR) is 99.6 cm³/mol. The zero-order chi connectivity index (χ0) is 19.9. The first kappa shape index (κ1) is 23.7. The summed E-state index contributed by atoms with van der Waals surface area (Å²) in [7, 11) is 0. The molecule has 1 atom stereocenters. The molecule has 1 aromatic rings. The second-order valence-corrected chi connectivity index (χ2v) is 5.63. The van der Waals surface area contributed by atoms with E-state index in [2.05, 4.69) is 11.1 Å². The molecule has 0 aliphatic carbocycles. The van der Waals surface area contributed by atoms with Crippen molar-refractivity contribution in [2.24, 2.45) is 0 Å². The van der Waals surface area contributed by atoms with E-state index in [1.165, 1.54) is 12.1 Å². The van der Waals surface area contributed by atoms with Crippen molar-refractivity contribution in [3.05, 3.63) is 23.8 Å². The number of carbonyl (C=O) groups is 2. The molecular formula is C19H33N2O5+. The molecule has 7 nitrogen and oxygen atoms in total. The summed E-state index contributed by atoms with van der Waals surface area (Å²) >= 11 is 0. The van der Waals surface area contributed by atoms with Crippen LogP contribution in [0.2, 0.25) is 0 Å². The van der Waals surface area contributed by atoms with Gasteiger partial charge in [-0.25, -0.2) is 4.79 Å². The van der Waals surface area contributed by atoms with Gasteiger partial charge >= 0.3 is 5.97 Å². The topological polar surface area (TPSA) is 124 Å². The van der Waals surface area contributed by atoms with Crippen molar-refractivity contribution >= 4 is 11.9 Å². The Balaban J connectivity index is 0.00000301. The zero-order valence-corrected chi connectivity index (χ0v) is 16.1. The number of phenols is 2. The fourth-order valence-corrected chi connectivity index (χ4v) is 2.09. The van der Waals surface area contributed by atoms with Crippen LogP contribution in [0.5, 0.6) is 11.5 Å². The van der Waals surface area contributed by atoms with Gasteiger partial charge in [0.2, 0.25) is 5.91 Å². The van der Waals surface area contributed by atoms with Gasteiger partial charge in [-0.3, -0.25) is 4.79 Å². The number of esters is 1. The van der Waals surface area contributed by atoms with Crippen LogP contribution in [0.3, 0.4) is 0 Å². The maximum absolute atomic E-state index is 12.2. The van der Waals surface area contributed by atoms with Crippen LogP contribution in [0.4, 0.5) is 0 Å². The summed E-state index contributed by atoms with van der Waals surface area (Å²) in [6, 6.07) is 3.46. The summed E-state index contributed by atoms with van der Waals surface area (Å²) in [5, 5.41) is 21.6. The molecule has 1 amide bonds. The molecule has 148 valence electrons. The Bertz CT molecular complexity index is 549. The number of ether oxygens (including phenoxy) is 1. The highest BCUT2D eigenvalue weighted by molar-refractivity contribution is 5.84. The second-order valence-electron chi connectivity index (χ2n) is 5.63. The predicted octanol–water partition coefficient (Wildman–Crippen LogP) is 1.52. The molecular weight excluding hydrogens is 336 g/mol. The monoisotopic (exact) mass is 369 g/mol. The smallest absolute Gasteiger partial charge is 0.328 e. The van der Waals surface area contributed by atoms with Gasteiger partial charge in [-0.2, -0.15) is 0 Å². The first-order valence-corrected chi connectivity index (χ1v) is 9.24. The number of benzene rings is 1. The number of amides is 1. The van der Waals surface area contributed by atoms with Gasteiger partial charge in [-0.05, 0) is 24.1 Å². The molecule has 1 unspecified atom stereocenters. The molecule has 0 saturated carbocycles. The normalized spacial score (nSPS) is 11.1. The van der Waals surface area contributed by atoms with E-state index in [0.717, 1.165) is 12.8 Å². The number of hydrogen-bond donors (Lipinski definition) is 4. The molecule has 6 N–H and O–H groups in total. The van der Waals surface area contributed by atoms with Crippen LogP contribution < -0.4 is 11.1 Å². The van der Waals surface area contributed by atoms with Crippen molar-refractivity contribution in [3.8, 4) is 11.5 Å². The third kappa shape index (κ3) is 9.27. The van der Waals surface area contributed by atoms with Gasteiger partial charge in [0, 0.05) is 19.3 Å². The van der Waals surface area contributed by atoms with E-state index in [0.29, 0.717) is 31.6 Å². The van der Waals surface area contributed by atoms with E-state index >= 15 is 0 Å². The molecule has 0 fully saturated rings. The van der Waals surface area contributed by atoms with Crippen LogP contribution in [0, 0.1) is 0 Å². The fourth-order valence-electron chi connectivity index (χ4n) is 2.09. The Morgan fingerprint density at radius 1 is 1.19 bits per heavy atom. The summed E-state index contributed by atoms with van der Waals surface area (Å²) in [6.07, 6.45) is 2.77. The lowest BCUT2D eigenvalue weighted by atomic mass is 10.0. The molecule has 0 saturated heterocycles. The van der Waals surface area contributed by atoms with E-state index in [1.54, 1.807) is 6.07 Å². The van der Waals surface area contributed by atoms with E-state index in [4.69, 9.17) is 4.74 Å². The molecule has 1 aromatic carbocycles. The van der Waals surface area contributed by atoms with Gasteiger partial charge in [0.15, 0.2) is 11.5 Å². The summed E-state index contributed by atoms with van der Waals surface area (Å²) in [4.78, 5) is 24.1. The third-order valence-corrected chi connectivity index (χ3v) is 3.50. The highest BCUT2D eigenvalue weighted by Gasteiger charge is 2.23. The molecule has 26 heavy (non-hydrogen) atoms. The molecule has 0 aliphatic heterocycles. The number of quaternary nitrogens is 1. The van der Waals surface area contributed by atoms with Gasteiger partial charge < -0.3 is 26.0 Å². The summed E-state index contributed by atoms with van der Waals surface area (Å²) < 4.78 is 5.20. The summed E-state index contributed by atoms with van der Waals surface area (Å²) in [6.45, 7) is 6.94. The van der Waals surface area contributed by atoms with Gasteiger partial charge in [0.1, 0.15) is 6.04 Å². The van der Waals surface area contributed by atoms with Crippen molar-refractivity contribution < 1.29 is 30.3 Å². The van der Waals surface area contributed by atoms with Gasteiger partial charge in [-0.15, -0.1) is 0 Å². The molecule has 0 aliphatic rings. The maximum atomic E-state index is 12.2. The molecule has 0 spiro atoms. The molecule has 1 rings (SSSR count). The quantitative estimate of drug-likeness (QED) is 0.283.